The molecule has 126 valence electrons. The number of nitrogens with zero attached hydrogens (tertiary/aromatic N) is 4. The first-order valence-corrected chi connectivity index (χ1v) is 8.82. The summed E-state index contributed by atoms with van der Waals surface area (Å²) in [4.78, 5) is 11.1. The molecule has 5 heteroatoms. The van der Waals surface area contributed by atoms with Crippen molar-refractivity contribution in [3.63, 3.8) is 0 Å². The normalized spacial score (nSPS) is 19.5. The highest BCUT2D eigenvalue weighted by atomic mass is 15.3. The van der Waals surface area contributed by atoms with E-state index in [4.69, 9.17) is 0 Å². The lowest BCUT2D eigenvalue weighted by molar-refractivity contribution is 0.151. The van der Waals surface area contributed by atoms with Crippen LogP contribution in [0.5, 0.6) is 0 Å². The van der Waals surface area contributed by atoms with E-state index in [0.717, 1.165) is 31.3 Å². The van der Waals surface area contributed by atoms with Crippen molar-refractivity contribution in [1.82, 2.24) is 19.8 Å². The molecule has 1 aliphatic heterocycles. The number of imidazole rings is 1. The van der Waals surface area contributed by atoms with E-state index in [0.29, 0.717) is 5.41 Å². The fraction of sp³-hybridized carbons (Fsp3) is 0.474. The number of hydrogen-bond acceptors (Lipinski definition) is 2. The molecule has 4 rings (SSSR count). The highest BCUT2D eigenvalue weighted by Crippen LogP contribution is 2.47. The Hall–Kier alpha value is -2.30. The number of rotatable bonds is 3. The first-order chi connectivity index (χ1) is 11.8. The third kappa shape index (κ3) is 2.79. The van der Waals surface area contributed by atoms with Gasteiger partial charge in [0, 0.05) is 39.1 Å². The van der Waals surface area contributed by atoms with Crippen LogP contribution < -0.4 is 5.32 Å². The van der Waals surface area contributed by atoms with E-state index in [-0.39, 0.29) is 0 Å². The van der Waals surface area contributed by atoms with Gasteiger partial charge in [0.15, 0.2) is 5.96 Å². The Bertz CT molecular complexity index is 715. The van der Waals surface area contributed by atoms with Crippen molar-refractivity contribution in [2.75, 3.05) is 20.1 Å². The number of aliphatic imine (C=N–C) groups is 1. The molecule has 0 atom stereocenters. The van der Waals surface area contributed by atoms with Gasteiger partial charge in [-0.05, 0) is 36.3 Å². The zero-order valence-electron chi connectivity index (χ0n) is 14.3. The number of hydrogen-bond donors (Lipinski definition) is 1. The van der Waals surface area contributed by atoms with Gasteiger partial charge in [0.05, 0.1) is 12.0 Å². The lowest BCUT2D eigenvalue weighted by Crippen LogP contribution is -2.42. The molecule has 2 heterocycles. The molecule has 0 amide bonds. The van der Waals surface area contributed by atoms with Crippen molar-refractivity contribution < 1.29 is 0 Å². The number of para-hydroxylation sites is 1. The molecular formula is C19H25N5. The average Bonchev–Trinajstić information content (AvgIpc) is 3.25. The maximum absolute atomic E-state index is 4.51. The molecule has 1 saturated heterocycles. The molecule has 24 heavy (non-hydrogen) atoms. The van der Waals surface area contributed by atoms with E-state index in [1.807, 2.05) is 25.8 Å². The molecular weight excluding hydrogens is 298 g/mol. The predicted octanol–water partition coefficient (Wildman–Crippen LogP) is 2.82. The third-order valence-electron chi connectivity index (χ3n) is 5.58. The van der Waals surface area contributed by atoms with Gasteiger partial charge in [0.1, 0.15) is 0 Å². The molecule has 0 radical (unpaired) electrons. The summed E-state index contributed by atoms with van der Waals surface area (Å²) in [6.07, 6.45) is 11.1. The molecule has 0 unspecified atom stereocenters. The van der Waals surface area contributed by atoms with Crippen LogP contribution in [0.1, 0.15) is 31.2 Å². The summed E-state index contributed by atoms with van der Waals surface area (Å²) in [6, 6.07) is 8.43. The molecule has 0 bridgehead atoms. The molecule has 1 aromatic carbocycles. The number of guanidine groups is 1. The fourth-order valence-electron chi connectivity index (χ4n) is 4.02. The molecule has 2 fully saturated rings. The quantitative estimate of drug-likeness (QED) is 0.698. The molecule has 5 nitrogen and oxygen atoms in total. The largest absolute Gasteiger partial charge is 0.352 e. The van der Waals surface area contributed by atoms with Gasteiger partial charge in [-0.1, -0.05) is 24.6 Å². The summed E-state index contributed by atoms with van der Waals surface area (Å²) < 4.78 is 2.05. The van der Waals surface area contributed by atoms with Gasteiger partial charge < -0.3 is 14.8 Å². The maximum Gasteiger partial charge on any atom is 0.193 e. The minimum atomic E-state index is 0.590. The average molecular weight is 323 g/mol. The van der Waals surface area contributed by atoms with E-state index in [2.05, 4.69) is 49.0 Å². The van der Waals surface area contributed by atoms with Crippen LogP contribution in [0.2, 0.25) is 0 Å². The summed E-state index contributed by atoms with van der Waals surface area (Å²) in [5.74, 6) is 1.03. The lowest BCUT2D eigenvalue weighted by atomic mass is 9.68. The number of benzene rings is 1. The van der Waals surface area contributed by atoms with Crippen molar-refractivity contribution in [1.29, 1.82) is 0 Å². The smallest absolute Gasteiger partial charge is 0.193 e. The van der Waals surface area contributed by atoms with Crippen LogP contribution in [0.15, 0.2) is 48.0 Å². The maximum atomic E-state index is 4.51. The van der Waals surface area contributed by atoms with Gasteiger partial charge in [0.2, 0.25) is 0 Å². The Morgan fingerprint density at radius 3 is 2.83 bits per heavy atom. The Morgan fingerprint density at radius 1 is 1.29 bits per heavy atom. The summed E-state index contributed by atoms with van der Waals surface area (Å²) >= 11 is 0. The van der Waals surface area contributed by atoms with Crippen LogP contribution in [0.4, 0.5) is 0 Å². The minimum absolute atomic E-state index is 0.590. The van der Waals surface area contributed by atoms with Crippen LogP contribution >= 0.6 is 0 Å². The molecule has 1 saturated carbocycles. The van der Waals surface area contributed by atoms with Crippen molar-refractivity contribution in [3.8, 4) is 5.69 Å². The highest BCUT2D eigenvalue weighted by molar-refractivity contribution is 5.80. The van der Waals surface area contributed by atoms with E-state index >= 15 is 0 Å². The lowest BCUT2D eigenvalue weighted by Gasteiger charge is -2.38. The molecule has 1 spiro atoms. The Balaban J connectivity index is 1.45. The van der Waals surface area contributed by atoms with Gasteiger partial charge in [0.25, 0.3) is 0 Å². The van der Waals surface area contributed by atoms with Crippen LogP contribution in [0, 0.1) is 5.41 Å². The predicted molar refractivity (Wildman–Crippen MR) is 96.2 cm³/mol. The summed E-state index contributed by atoms with van der Waals surface area (Å²) in [5, 5.41) is 3.56. The van der Waals surface area contributed by atoms with E-state index in [9.17, 15) is 0 Å². The monoisotopic (exact) mass is 323 g/mol. The Morgan fingerprint density at radius 2 is 2.17 bits per heavy atom. The second-order valence-electron chi connectivity index (χ2n) is 7.02. The zero-order valence-corrected chi connectivity index (χ0v) is 14.3. The number of nitrogens with one attached hydrogen (secondary N) is 1. The summed E-state index contributed by atoms with van der Waals surface area (Å²) in [5.41, 5.74) is 3.00. The van der Waals surface area contributed by atoms with Crippen LogP contribution in [-0.2, 0) is 6.54 Å². The SMILES string of the molecule is CN=C(NCc1ccccc1-n1ccnc1)N1CCC2(CCC2)C1. The van der Waals surface area contributed by atoms with Gasteiger partial charge in [-0.2, -0.15) is 0 Å². The van der Waals surface area contributed by atoms with E-state index in [1.165, 1.54) is 31.2 Å². The van der Waals surface area contributed by atoms with Gasteiger partial charge in [-0.25, -0.2) is 4.98 Å². The Kier molecular flexibility index (Phi) is 4.00. The van der Waals surface area contributed by atoms with Crippen LogP contribution in [0.3, 0.4) is 0 Å². The van der Waals surface area contributed by atoms with Crippen molar-refractivity contribution in [3.05, 3.63) is 48.5 Å². The first-order valence-electron chi connectivity index (χ1n) is 8.82. The molecule has 2 aliphatic rings. The van der Waals surface area contributed by atoms with Gasteiger partial charge in [-0.3, -0.25) is 4.99 Å². The topological polar surface area (TPSA) is 45.5 Å². The summed E-state index contributed by atoms with van der Waals surface area (Å²) in [7, 11) is 1.88. The molecule has 1 aromatic heterocycles. The number of aromatic nitrogens is 2. The molecule has 1 N–H and O–H groups in total. The Labute approximate surface area is 143 Å². The van der Waals surface area contributed by atoms with E-state index in [1.54, 1.807) is 0 Å². The molecule has 1 aliphatic carbocycles. The highest BCUT2D eigenvalue weighted by Gasteiger charge is 2.43. The summed E-state index contributed by atoms with van der Waals surface area (Å²) in [6.45, 7) is 3.06. The standard InChI is InChI=1S/C19H25N5/c1-20-18(23-11-9-19(14-23)7-4-8-19)22-13-16-5-2-3-6-17(16)24-12-10-21-15-24/h2-3,5-6,10,12,15H,4,7-9,11,13-14H2,1H3,(H,20,22). The van der Waals surface area contributed by atoms with Gasteiger partial charge >= 0.3 is 0 Å². The minimum Gasteiger partial charge on any atom is -0.352 e. The second kappa shape index (κ2) is 6.30. The van der Waals surface area contributed by atoms with Crippen molar-refractivity contribution in [2.24, 2.45) is 10.4 Å². The second-order valence-corrected chi connectivity index (χ2v) is 7.02. The van der Waals surface area contributed by atoms with Crippen molar-refractivity contribution >= 4 is 5.96 Å². The van der Waals surface area contributed by atoms with Crippen LogP contribution in [0.25, 0.3) is 5.69 Å². The number of likely N-dealkylation sites (tertiary alicyclic amines) is 1. The van der Waals surface area contributed by atoms with Gasteiger partial charge in [-0.15, -0.1) is 0 Å². The third-order valence-corrected chi connectivity index (χ3v) is 5.58. The van der Waals surface area contributed by atoms with Crippen molar-refractivity contribution in [2.45, 2.75) is 32.2 Å². The van der Waals surface area contributed by atoms with Crippen LogP contribution in [-0.4, -0.2) is 40.5 Å². The fourth-order valence-corrected chi connectivity index (χ4v) is 4.02. The molecule has 2 aromatic rings. The first kappa shape index (κ1) is 15.2. The zero-order chi connectivity index (χ0) is 16.4. The van der Waals surface area contributed by atoms with E-state index < -0.39 is 0 Å².